The number of carbonyl (C=O) groups excluding carboxylic acids is 3. The van der Waals surface area contributed by atoms with Gasteiger partial charge in [0.1, 0.15) is 96.2 Å². The molecule has 538 valence electrons. The maximum Gasteiger partial charge on any atom is 0.342 e. The van der Waals surface area contributed by atoms with E-state index in [0.29, 0.717) is 0 Å². The number of ketones is 1. The zero-order valence-corrected chi connectivity index (χ0v) is 56.5. The van der Waals surface area contributed by atoms with E-state index in [1.54, 1.807) is 48.5 Å². The minimum absolute atomic E-state index is 0.00299. The van der Waals surface area contributed by atoms with Gasteiger partial charge in [0, 0.05) is 34.2 Å². The van der Waals surface area contributed by atoms with Crippen molar-refractivity contribution in [3.05, 3.63) is 21.2 Å². The van der Waals surface area contributed by atoms with Gasteiger partial charge in [-0.25, -0.2) is 4.79 Å². The Kier molecular flexibility index (Phi) is 21.9. The first-order valence-electron chi connectivity index (χ1n) is 31.7. The largest absolute Gasteiger partial charge is 0.505 e. The molecule has 10 aliphatic heterocycles. The average Bonchev–Trinajstić information content (AvgIpc) is 1.59. The number of phenolic OH excluding ortho intramolecular Hbond substituents is 1. The van der Waals surface area contributed by atoms with Crippen LogP contribution in [-0.2, 0) is 114 Å². The summed E-state index contributed by atoms with van der Waals surface area (Å²) in [5, 5.41) is 69.1. The first-order valence-corrected chi connectivity index (χ1v) is 32.5. The summed E-state index contributed by atoms with van der Waals surface area (Å²) in [5.41, 5.74) is -3.34. The molecule has 10 saturated heterocycles. The van der Waals surface area contributed by atoms with E-state index in [1.807, 2.05) is 0 Å². The summed E-state index contributed by atoms with van der Waals surface area (Å²) in [6, 6.07) is 0. The highest BCUT2D eigenvalue weighted by atomic mass is 35.5. The number of esters is 2. The van der Waals surface area contributed by atoms with Crippen molar-refractivity contribution in [2.24, 2.45) is 5.92 Å². The minimum Gasteiger partial charge on any atom is -0.505 e. The molecule has 0 amide bonds. The van der Waals surface area contributed by atoms with E-state index >= 15 is 0 Å². The Morgan fingerprint density at radius 1 is 0.653 bits per heavy atom. The molecule has 95 heavy (non-hydrogen) atoms. The van der Waals surface area contributed by atoms with Gasteiger partial charge in [0.2, 0.25) is 6.29 Å². The van der Waals surface area contributed by atoms with Gasteiger partial charge in [0.15, 0.2) is 66.4 Å². The maximum absolute atomic E-state index is 13.6. The van der Waals surface area contributed by atoms with E-state index in [1.165, 1.54) is 49.2 Å². The zero-order chi connectivity index (χ0) is 68.9. The Labute approximate surface area is 557 Å². The maximum atomic E-state index is 13.6. The molecule has 1 aromatic carbocycles. The van der Waals surface area contributed by atoms with Gasteiger partial charge in [-0.2, -0.15) is 0 Å². The molecule has 10 fully saturated rings. The van der Waals surface area contributed by atoms with Crippen LogP contribution in [0.3, 0.4) is 0 Å². The molecule has 0 bridgehead atoms. The lowest BCUT2D eigenvalue weighted by Crippen LogP contribution is -2.72. The Balaban J connectivity index is 0.722. The highest BCUT2D eigenvalue weighted by Gasteiger charge is 2.73. The fourth-order valence-electron chi connectivity index (χ4n) is 14.6. The number of ether oxygens (including phenoxy) is 23. The monoisotopic (exact) mass is 1400 g/mol. The molecule has 32 nitrogen and oxygen atoms in total. The Morgan fingerprint density at radius 3 is 1.99 bits per heavy atom. The number of aliphatic hydroxyl groups excluding tert-OH is 4. The number of fused-ring (bicyclic) bond motifs is 4. The molecule has 10 aliphatic rings. The number of carbonyl (C=O) groups is 3. The van der Waals surface area contributed by atoms with Crippen LogP contribution in [0.15, 0.2) is 0 Å². The lowest BCUT2D eigenvalue weighted by molar-refractivity contribution is -0.428. The molecule has 2 spiro atoms. The third-order valence-corrected chi connectivity index (χ3v) is 20.2. The number of hydrogen-bond acceptors (Lipinski definition) is 32. The van der Waals surface area contributed by atoms with Gasteiger partial charge in [-0.3, -0.25) is 9.59 Å². The molecular weight excluding hydrogens is 1320 g/mol. The van der Waals surface area contributed by atoms with Crippen molar-refractivity contribution < 1.29 is 154 Å². The molecule has 31 atom stereocenters. The van der Waals surface area contributed by atoms with Crippen molar-refractivity contribution in [2.45, 2.75) is 277 Å². The van der Waals surface area contributed by atoms with Gasteiger partial charge in [-0.05, 0) is 61.0 Å². The smallest absolute Gasteiger partial charge is 0.342 e. The van der Waals surface area contributed by atoms with Crippen molar-refractivity contribution in [1.29, 1.82) is 0 Å². The molecule has 0 radical (unpaired) electrons. The van der Waals surface area contributed by atoms with Crippen LogP contribution in [0.4, 0.5) is 0 Å². The predicted molar refractivity (Wildman–Crippen MR) is 313 cm³/mol. The highest BCUT2D eigenvalue weighted by molar-refractivity contribution is 6.39. The molecule has 34 heteroatoms. The highest BCUT2D eigenvalue weighted by Crippen LogP contribution is 2.53. The summed E-state index contributed by atoms with van der Waals surface area (Å²) in [4.78, 5) is 39.8. The quantitative estimate of drug-likeness (QED) is 0.112. The van der Waals surface area contributed by atoms with Crippen molar-refractivity contribution in [3.63, 3.8) is 0 Å². The zero-order valence-electron chi connectivity index (χ0n) is 55.0. The van der Waals surface area contributed by atoms with Gasteiger partial charge in [-0.15, -0.1) is 0 Å². The fourth-order valence-corrected chi connectivity index (χ4v) is 15.1. The summed E-state index contributed by atoms with van der Waals surface area (Å²) < 4.78 is 142. The number of aliphatic hydroxyl groups is 5. The fraction of sp³-hybridized carbons (Fsp3) is 0.852. The molecule has 10 heterocycles. The number of hydrogen-bond donors (Lipinski definition) is 6. The van der Waals surface area contributed by atoms with Crippen LogP contribution in [0.1, 0.15) is 97.5 Å². The van der Waals surface area contributed by atoms with Crippen LogP contribution < -0.4 is 4.74 Å². The molecule has 0 aromatic heterocycles. The second-order valence-corrected chi connectivity index (χ2v) is 27.0. The van der Waals surface area contributed by atoms with Gasteiger partial charge < -0.3 is 140 Å². The molecule has 6 N–H and O–H groups in total. The van der Waals surface area contributed by atoms with Gasteiger partial charge in [0.05, 0.1) is 80.4 Å². The number of benzene rings is 1. The van der Waals surface area contributed by atoms with E-state index in [9.17, 15) is 45.0 Å². The molecule has 0 saturated carbocycles. The predicted octanol–water partition coefficient (Wildman–Crippen LogP) is 1.05. The van der Waals surface area contributed by atoms with E-state index in [2.05, 4.69) is 0 Å². The number of halogens is 2. The third kappa shape index (κ3) is 13.4. The van der Waals surface area contributed by atoms with Crippen LogP contribution in [0.2, 0.25) is 10.0 Å². The van der Waals surface area contributed by atoms with Crippen molar-refractivity contribution in [2.75, 3.05) is 48.4 Å². The van der Waals surface area contributed by atoms with Gasteiger partial charge in [0.25, 0.3) is 5.97 Å². The first kappa shape index (κ1) is 73.2. The summed E-state index contributed by atoms with van der Waals surface area (Å²) in [6.45, 7) is 15.0. The number of methoxy groups -OCH3 is 4. The lowest BCUT2D eigenvalue weighted by atomic mass is 9.81. The Bertz CT molecular complexity index is 2890. The standard InChI is InChI=1S/C61H88Cl2O32/c1-21(2)53(70)87-49-45-32(92-61(93-45)52-51(78-20-79-52)60(72,27(8)64)28(9)91-61)19-77-56(49)89-57-48(76-14)39(68)44(31(83-57)18-73-11)88-55-40(69)47(43(74-12)24(5)82-55)85-34-17-58(10)50(26(7)81-34)94-59(95-58)16-30(66)42(25(6)90-59)84-33-15-29(65)41(23(4)80-33)86-54(71)35-22(3)36(62)38(67)37(63)46(35)75-13/h21,23-26,28-34,39-45,47-52,55-57,65-69,72H,15-20H2,1-14H3/t23-,24-,25-,26+,28-,29-,30+,31-,32?,33-,34+,39+,40-,41-,42-,43+,44-,45?,47-,48+,49-,50?,51?,52?,55+,56+,57+,58+,59?,60+,61-/m1/s1. The van der Waals surface area contributed by atoms with Gasteiger partial charge >= 0.3 is 17.9 Å². The molecule has 1 aromatic rings. The summed E-state index contributed by atoms with van der Waals surface area (Å²) in [6.07, 6.45) is -32.8. The van der Waals surface area contributed by atoms with Crippen LogP contribution in [-0.4, -0.2) is 286 Å². The van der Waals surface area contributed by atoms with Crippen molar-refractivity contribution >= 4 is 40.9 Å². The Hall–Kier alpha value is -2.99. The lowest BCUT2D eigenvalue weighted by Gasteiger charge is -2.49. The van der Waals surface area contributed by atoms with Crippen molar-refractivity contribution in [3.8, 4) is 11.5 Å². The van der Waals surface area contributed by atoms with E-state index < -0.39 is 218 Å². The molecule has 11 rings (SSSR count). The van der Waals surface area contributed by atoms with Gasteiger partial charge in [-0.1, -0.05) is 37.0 Å². The second-order valence-electron chi connectivity index (χ2n) is 26.2. The van der Waals surface area contributed by atoms with E-state index in [0.717, 1.165) is 0 Å². The number of phenols is 1. The number of aromatic hydroxyl groups is 1. The molecule has 0 aliphatic carbocycles. The SMILES string of the molecule is COC[C@H]1O[C@@H](O[C@@H]2OCC3O[C@]4(OC3[C@H]2OC(=O)C(C)C)O[C@H](C)[C@@](O)(C(C)=O)C2OCOC24)[C@@H](OC)[C@@H](O)[C@@H]1O[C@@H]1O[C@H](C)[C@H](OC)[C@H](O[C@H]2C[C@]3(C)OC4(C[C@H](O)[C@H](O[C@@H]5C[C@@H](O)[C@H](OC(=O)c6c(C)c(Cl)c(O)c(Cl)c6OC)[C@@H](C)O5)[C@@H](C)O4)OC3[C@H](C)O2)[C@H]1O. The first-order chi connectivity index (χ1) is 44.9. The summed E-state index contributed by atoms with van der Waals surface area (Å²) in [5.74, 6) is -7.41. The van der Waals surface area contributed by atoms with Crippen molar-refractivity contribution in [1.82, 2.24) is 0 Å². The van der Waals surface area contributed by atoms with Crippen LogP contribution >= 0.6 is 23.2 Å². The summed E-state index contributed by atoms with van der Waals surface area (Å²) in [7, 11) is 5.35. The third-order valence-electron chi connectivity index (χ3n) is 19.4. The molecule has 6 unspecified atom stereocenters. The normalized spacial score (nSPS) is 47.3. The number of rotatable bonds is 18. The van der Waals surface area contributed by atoms with E-state index in [-0.39, 0.29) is 66.2 Å². The van der Waals surface area contributed by atoms with Crippen LogP contribution in [0.5, 0.6) is 11.5 Å². The topological polar surface area (TPSA) is 385 Å². The summed E-state index contributed by atoms with van der Waals surface area (Å²) >= 11 is 12.5. The van der Waals surface area contributed by atoms with E-state index in [4.69, 9.17) is 132 Å². The number of Topliss-reactive ketones (excluding diaryl/α,β-unsaturated/α-hetero) is 1. The molecular formula is C61H88Cl2O32. The second kappa shape index (κ2) is 28.4. The van der Waals surface area contributed by atoms with Crippen LogP contribution in [0, 0.1) is 12.8 Å². The Morgan fingerprint density at radius 2 is 1.34 bits per heavy atom. The van der Waals surface area contributed by atoms with Crippen LogP contribution in [0.25, 0.3) is 0 Å². The minimum atomic E-state index is -2.13. The average molecular weight is 1400 g/mol.